The lowest BCUT2D eigenvalue weighted by atomic mass is 9.87. The van der Waals surface area contributed by atoms with Gasteiger partial charge in [-0.05, 0) is 107 Å². The van der Waals surface area contributed by atoms with E-state index in [1.165, 1.54) is 97.0 Å². The van der Waals surface area contributed by atoms with Crippen LogP contribution >= 0.6 is 11.3 Å². The fourth-order valence-electron chi connectivity index (χ4n) is 7.56. The summed E-state index contributed by atoms with van der Waals surface area (Å²) in [6.07, 6.45) is 0. The molecule has 0 aliphatic carbocycles. The molecule has 0 amide bonds. The Hall–Kier alpha value is -5.76. The lowest BCUT2D eigenvalue weighted by Gasteiger charge is -2.17. The van der Waals surface area contributed by atoms with Crippen molar-refractivity contribution < 1.29 is 0 Å². The van der Waals surface area contributed by atoms with Gasteiger partial charge in [0.15, 0.2) is 0 Å². The van der Waals surface area contributed by atoms with Gasteiger partial charge in [0.25, 0.3) is 0 Å². The molecule has 1 heterocycles. The second kappa shape index (κ2) is 10.4. The van der Waals surface area contributed by atoms with Crippen molar-refractivity contribution in [1.29, 1.82) is 0 Å². The maximum atomic E-state index is 2.39. The molecule has 1 heteroatoms. The SMILES string of the molecule is c1ccc(-c2ccc3sc4ccc(-c5cccc(-c6ccc7ccc8c(-c9ccccc9)ccc9ccc6c7c98)c5)cc4c3c2)cc1. The fraction of sp³-hybridized carbons (Fsp3) is 0. The van der Waals surface area contributed by atoms with Crippen LogP contribution in [0.3, 0.4) is 0 Å². The number of hydrogen-bond donors (Lipinski definition) is 0. The lowest BCUT2D eigenvalue weighted by Crippen LogP contribution is -1.89. The standard InChI is InChI=1S/C46H28S/c1-3-8-29(9-4-1)34-18-24-43-41(27-34)42-28-35(19-25-44(42)47-43)33-12-7-13-36(26-33)38-21-15-32-16-22-39-37(30-10-5-2-6-11-30)20-14-31-17-23-40(38)46(32)45(31)39/h1-28H. The van der Waals surface area contributed by atoms with E-state index in [9.17, 15) is 0 Å². The second-order valence-electron chi connectivity index (χ2n) is 12.5. The Morgan fingerprint density at radius 3 is 1.36 bits per heavy atom. The van der Waals surface area contributed by atoms with Gasteiger partial charge in [-0.3, -0.25) is 0 Å². The highest BCUT2D eigenvalue weighted by Gasteiger charge is 2.15. The smallest absolute Gasteiger partial charge is 0.0355 e. The van der Waals surface area contributed by atoms with Gasteiger partial charge in [0.05, 0.1) is 0 Å². The normalized spacial score (nSPS) is 11.8. The highest BCUT2D eigenvalue weighted by Crippen LogP contribution is 2.43. The molecule has 10 aromatic rings. The number of benzene rings is 9. The zero-order valence-electron chi connectivity index (χ0n) is 25.6. The quantitative estimate of drug-likeness (QED) is 0.173. The molecule has 0 saturated heterocycles. The van der Waals surface area contributed by atoms with E-state index in [-0.39, 0.29) is 0 Å². The van der Waals surface area contributed by atoms with Crippen molar-refractivity contribution in [2.45, 2.75) is 0 Å². The summed E-state index contributed by atoms with van der Waals surface area (Å²) in [6.45, 7) is 0. The van der Waals surface area contributed by atoms with Gasteiger partial charge in [-0.15, -0.1) is 11.3 Å². The Labute approximate surface area is 277 Å². The minimum atomic E-state index is 1.24. The van der Waals surface area contributed by atoms with Gasteiger partial charge < -0.3 is 0 Å². The number of rotatable bonds is 4. The predicted molar refractivity (Wildman–Crippen MR) is 205 cm³/mol. The van der Waals surface area contributed by atoms with Crippen molar-refractivity contribution in [3.8, 4) is 44.5 Å². The average molecular weight is 613 g/mol. The molecule has 0 saturated carbocycles. The molecular weight excluding hydrogens is 585 g/mol. The Morgan fingerprint density at radius 1 is 0.277 bits per heavy atom. The van der Waals surface area contributed by atoms with Gasteiger partial charge in [0.1, 0.15) is 0 Å². The molecule has 0 atom stereocenters. The third-order valence-corrected chi connectivity index (χ3v) is 11.0. The van der Waals surface area contributed by atoms with Crippen molar-refractivity contribution in [3.63, 3.8) is 0 Å². The minimum Gasteiger partial charge on any atom is -0.135 e. The van der Waals surface area contributed by atoms with Crippen molar-refractivity contribution >= 4 is 63.8 Å². The molecule has 0 bridgehead atoms. The van der Waals surface area contributed by atoms with Gasteiger partial charge in [0.2, 0.25) is 0 Å². The van der Waals surface area contributed by atoms with E-state index in [0.29, 0.717) is 0 Å². The van der Waals surface area contributed by atoms with Gasteiger partial charge >= 0.3 is 0 Å². The molecule has 0 aliphatic heterocycles. The molecule has 218 valence electrons. The molecule has 0 spiro atoms. The van der Waals surface area contributed by atoms with Crippen LogP contribution in [0.15, 0.2) is 170 Å². The van der Waals surface area contributed by atoms with Crippen LogP contribution in [0.1, 0.15) is 0 Å². The van der Waals surface area contributed by atoms with Crippen LogP contribution in [-0.2, 0) is 0 Å². The fourth-order valence-corrected chi connectivity index (χ4v) is 8.62. The van der Waals surface area contributed by atoms with Crippen LogP contribution in [0.5, 0.6) is 0 Å². The topological polar surface area (TPSA) is 0 Å². The number of hydrogen-bond acceptors (Lipinski definition) is 1. The van der Waals surface area contributed by atoms with Crippen LogP contribution in [0, 0.1) is 0 Å². The Bertz CT molecular complexity index is 2770. The van der Waals surface area contributed by atoms with Gasteiger partial charge in [-0.2, -0.15) is 0 Å². The molecule has 1 aromatic heterocycles. The van der Waals surface area contributed by atoms with Crippen LogP contribution in [0.25, 0.3) is 97.0 Å². The second-order valence-corrected chi connectivity index (χ2v) is 13.6. The summed E-state index contributed by atoms with van der Waals surface area (Å²) in [4.78, 5) is 0. The van der Waals surface area contributed by atoms with Crippen LogP contribution < -0.4 is 0 Å². The summed E-state index contributed by atoms with van der Waals surface area (Å²) in [5.74, 6) is 0. The molecular formula is C46H28S. The molecule has 10 rings (SSSR count). The monoisotopic (exact) mass is 612 g/mol. The van der Waals surface area contributed by atoms with Gasteiger partial charge in [-0.1, -0.05) is 140 Å². The summed E-state index contributed by atoms with van der Waals surface area (Å²) in [6, 6.07) is 62.7. The maximum Gasteiger partial charge on any atom is 0.0355 e. The highest BCUT2D eigenvalue weighted by atomic mass is 32.1. The van der Waals surface area contributed by atoms with Crippen molar-refractivity contribution in [3.05, 3.63) is 170 Å². The molecule has 0 radical (unpaired) electrons. The van der Waals surface area contributed by atoms with E-state index < -0.39 is 0 Å². The van der Waals surface area contributed by atoms with Crippen LogP contribution in [-0.4, -0.2) is 0 Å². The van der Waals surface area contributed by atoms with Gasteiger partial charge in [-0.25, -0.2) is 0 Å². The molecule has 0 aliphatic rings. The van der Waals surface area contributed by atoms with E-state index in [4.69, 9.17) is 0 Å². The van der Waals surface area contributed by atoms with E-state index in [1.807, 2.05) is 11.3 Å². The van der Waals surface area contributed by atoms with Gasteiger partial charge in [0, 0.05) is 20.2 Å². The summed E-state index contributed by atoms with van der Waals surface area (Å²) < 4.78 is 2.65. The minimum absolute atomic E-state index is 1.24. The Balaban J connectivity index is 1.12. The van der Waals surface area contributed by atoms with E-state index in [2.05, 4.69) is 170 Å². The first-order valence-corrected chi connectivity index (χ1v) is 17.0. The van der Waals surface area contributed by atoms with Crippen molar-refractivity contribution in [2.75, 3.05) is 0 Å². The van der Waals surface area contributed by atoms with Crippen molar-refractivity contribution in [2.24, 2.45) is 0 Å². The molecule has 0 nitrogen and oxygen atoms in total. The lowest BCUT2D eigenvalue weighted by molar-refractivity contribution is 1.63. The predicted octanol–water partition coefficient (Wildman–Crippen LogP) is 13.6. The average Bonchev–Trinajstić information content (AvgIpc) is 3.52. The zero-order valence-corrected chi connectivity index (χ0v) is 26.4. The van der Waals surface area contributed by atoms with E-state index in [1.54, 1.807) is 0 Å². The summed E-state index contributed by atoms with van der Waals surface area (Å²) in [7, 11) is 0. The first-order valence-electron chi connectivity index (χ1n) is 16.2. The molecule has 0 N–H and O–H groups in total. The summed E-state index contributed by atoms with van der Waals surface area (Å²) >= 11 is 1.87. The molecule has 0 fully saturated rings. The zero-order chi connectivity index (χ0) is 30.9. The number of fused-ring (bicyclic) bond motifs is 3. The maximum absolute atomic E-state index is 2.39. The summed E-state index contributed by atoms with van der Waals surface area (Å²) in [5, 5.41) is 10.5. The number of thiophene rings is 1. The Morgan fingerprint density at radius 2 is 0.745 bits per heavy atom. The van der Waals surface area contributed by atoms with Crippen molar-refractivity contribution in [1.82, 2.24) is 0 Å². The molecule has 47 heavy (non-hydrogen) atoms. The van der Waals surface area contributed by atoms with E-state index >= 15 is 0 Å². The van der Waals surface area contributed by atoms with E-state index in [0.717, 1.165) is 0 Å². The first-order chi connectivity index (χ1) is 23.3. The largest absolute Gasteiger partial charge is 0.135 e. The summed E-state index contributed by atoms with van der Waals surface area (Å²) in [5.41, 5.74) is 10.0. The van der Waals surface area contributed by atoms with Crippen LogP contribution in [0.4, 0.5) is 0 Å². The third-order valence-electron chi connectivity index (χ3n) is 9.83. The third kappa shape index (κ3) is 4.21. The van der Waals surface area contributed by atoms with Crippen LogP contribution in [0.2, 0.25) is 0 Å². The molecule has 0 unspecified atom stereocenters. The Kier molecular flexibility index (Phi) is 5.85. The first kappa shape index (κ1) is 26.5. The highest BCUT2D eigenvalue weighted by molar-refractivity contribution is 7.25. The molecule has 9 aromatic carbocycles.